The van der Waals surface area contributed by atoms with E-state index in [4.69, 9.17) is 11.6 Å². The minimum atomic E-state index is 0.0526. The zero-order valence-electron chi connectivity index (χ0n) is 20.6. The van der Waals surface area contributed by atoms with Crippen molar-refractivity contribution in [2.24, 2.45) is 5.92 Å². The molecule has 1 amide bonds. The minimum absolute atomic E-state index is 0.0526. The number of aryl methyl sites for hydroxylation is 2. The summed E-state index contributed by atoms with van der Waals surface area (Å²) in [6.07, 6.45) is 4.39. The number of thiophene rings is 1. The number of benzene rings is 2. The second-order valence-corrected chi connectivity index (χ2v) is 11.4. The van der Waals surface area contributed by atoms with Crippen LogP contribution in [-0.2, 0) is 6.54 Å². The van der Waals surface area contributed by atoms with Gasteiger partial charge in [-0.2, -0.15) is 0 Å². The van der Waals surface area contributed by atoms with Gasteiger partial charge in [0.05, 0.1) is 5.02 Å². The number of nitrogens with zero attached hydrogens (tertiary/aromatic N) is 2. The predicted octanol–water partition coefficient (Wildman–Crippen LogP) is 8.45. The van der Waals surface area contributed by atoms with Crippen LogP contribution in [0, 0.1) is 19.8 Å². The molecule has 5 heteroatoms. The molecule has 1 aliphatic rings. The Balaban J connectivity index is 1.49. The first-order chi connectivity index (χ1) is 16.9. The first-order valence-electron chi connectivity index (χ1n) is 12.4. The van der Waals surface area contributed by atoms with Gasteiger partial charge < -0.3 is 4.90 Å². The monoisotopic (exact) mass is 502 g/mol. The van der Waals surface area contributed by atoms with Crippen LogP contribution >= 0.6 is 22.9 Å². The lowest BCUT2D eigenvalue weighted by molar-refractivity contribution is 0.0598. The van der Waals surface area contributed by atoms with E-state index >= 15 is 0 Å². The molecular formula is C30H31ClN2OS. The van der Waals surface area contributed by atoms with Crippen LogP contribution in [0.15, 0.2) is 60.7 Å². The summed E-state index contributed by atoms with van der Waals surface area (Å²) in [6.45, 7) is 6.95. The average molecular weight is 503 g/mol. The number of rotatable bonds is 5. The highest BCUT2D eigenvalue weighted by Gasteiger charge is 2.31. The van der Waals surface area contributed by atoms with E-state index < -0.39 is 0 Å². The maximum Gasteiger partial charge on any atom is 0.266 e. The van der Waals surface area contributed by atoms with Crippen LogP contribution in [-0.4, -0.2) is 21.8 Å². The normalized spacial score (nSPS) is 18.1. The van der Waals surface area contributed by atoms with Crippen LogP contribution in [0.4, 0.5) is 0 Å². The molecule has 180 valence electrons. The number of amides is 1. The maximum absolute atomic E-state index is 14.0. The van der Waals surface area contributed by atoms with Gasteiger partial charge in [0, 0.05) is 34.1 Å². The van der Waals surface area contributed by atoms with Gasteiger partial charge >= 0.3 is 0 Å². The Hall–Kier alpha value is -2.69. The van der Waals surface area contributed by atoms with E-state index in [-0.39, 0.29) is 11.9 Å². The van der Waals surface area contributed by atoms with E-state index in [0.717, 1.165) is 69.8 Å². The predicted molar refractivity (Wildman–Crippen MR) is 147 cm³/mol. The Bertz CT molecular complexity index is 1350. The number of hydrogen-bond acceptors (Lipinski definition) is 3. The first-order valence-corrected chi connectivity index (χ1v) is 13.6. The summed E-state index contributed by atoms with van der Waals surface area (Å²) in [6, 6.07) is 21.0. The maximum atomic E-state index is 14.0. The highest BCUT2D eigenvalue weighted by atomic mass is 35.5. The molecule has 5 rings (SSSR count). The fourth-order valence-corrected chi connectivity index (χ4v) is 6.72. The van der Waals surface area contributed by atoms with E-state index in [1.807, 2.05) is 38.1 Å². The van der Waals surface area contributed by atoms with Gasteiger partial charge in [-0.05, 0) is 86.4 Å². The summed E-state index contributed by atoms with van der Waals surface area (Å²) in [5.74, 6) is 0.773. The Morgan fingerprint density at radius 2 is 1.69 bits per heavy atom. The molecule has 2 heterocycles. The van der Waals surface area contributed by atoms with Gasteiger partial charge in [-0.3, -0.25) is 9.78 Å². The number of carbonyl (C=O) groups excluding carboxylic acids is 1. The minimum Gasteiger partial charge on any atom is -0.331 e. The SMILES string of the molecule is Cc1cc(-c2cccc(CN(C(=O)c3sc4ccccc4c3Cl)[C@H]3CC[C@H](C)CC3)c2)cc(C)n1. The zero-order chi connectivity index (χ0) is 24.5. The fourth-order valence-electron chi connectivity index (χ4n) is 5.25. The summed E-state index contributed by atoms with van der Waals surface area (Å²) in [7, 11) is 0. The smallest absolute Gasteiger partial charge is 0.266 e. The van der Waals surface area contributed by atoms with E-state index in [2.05, 4.69) is 53.2 Å². The topological polar surface area (TPSA) is 33.2 Å². The number of aromatic nitrogens is 1. The molecular weight excluding hydrogens is 472 g/mol. The third kappa shape index (κ3) is 5.14. The highest BCUT2D eigenvalue weighted by molar-refractivity contribution is 7.21. The second-order valence-electron chi connectivity index (χ2n) is 9.93. The van der Waals surface area contributed by atoms with Gasteiger partial charge in [0.2, 0.25) is 0 Å². The van der Waals surface area contributed by atoms with Gasteiger partial charge in [-0.15, -0.1) is 11.3 Å². The first kappa shape index (κ1) is 24.0. The second kappa shape index (κ2) is 10.1. The Morgan fingerprint density at radius 3 is 2.40 bits per heavy atom. The summed E-state index contributed by atoms with van der Waals surface area (Å²) in [5, 5.41) is 1.55. The van der Waals surface area contributed by atoms with Crippen molar-refractivity contribution in [3.05, 3.63) is 87.5 Å². The summed E-state index contributed by atoms with van der Waals surface area (Å²) >= 11 is 8.26. The van der Waals surface area contributed by atoms with Crippen molar-refractivity contribution in [1.29, 1.82) is 0 Å². The number of hydrogen-bond donors (Lipinski definition) is 0. The van der Waals surface area contributed by atoms with E-state index in [9.17, 15) is 4.79 Å². The number of halogens is 1. The van der Waals surface area contributed by atoms with E-state index in [0.29, 0.717) is 16.4 Å². The lowest BCUT2D eigenvalue weighted by Gasteiger charge is -2.36. The van der Waals surface area contributed by atoms with Gasteiger partial charge in [0.15, 0.2) is 0 Å². The number of fused-ring (bicyclic) bond motifs is 1. The van der Waals surface area contributed by atoms with Crippen molar-refractivity contribution in [2.45, 2.75) is 59.0 Å². The van der Waals surface area contributed by atoms with Crippen LogP contribution in [0.1, 0.15) is 59.2 Å². The molecule has 35 heavy (non-hydrogen) atoms. The van der Waals surface area contributed by atoms with Crippen molar-refractivity contribution < 1.29 is 4.79 Å². The third-order valence-electron chi connectivity index (χ3n) is 7.11. The van der Waals surface area contributed by atoms with Crippen molar-refractivity contribution in [1.82, 2.24) is 9.88 Å². The summed E-state index contributed by atoms with van der Waals surface area (Å²) in [5.41, 5.74) is 5.48. The molecule has 1 saturated carbocycles. The molecule has 0 radical (unpaired) electrons. The van der Waals surface area contributed by atoms with Gasteiger partial charge in [-0.25, -0.2) is 0 Å². The zero-order valence-corrected chi connectivity index (χ0v) is 22.1. The summed E-state index contributed by atoms with van der Waals surface area (Å²) < 4.78 is 1.06. The van der Waals surface area contributed by atoms with Crippen molar-refractivity contribution in [3.8, 4) is 11.1 Å². The molecule has 0 bridgehead atoms. The largest absolute Gasteiger partial charge is 0.331 e. The standard InChI is InChI=1S/C30H31ClN2OS/c1-19-11-13-25(14-12-19)33(30(34)29-28(31)26-9-4-5-10-27(26)35-29)18-22-7-6-8-23(17-22)24-15-20(2)32-21(3)16-24/h4-10,15-17,19,25H,11-14,18H2,1-3H3/t19-,25-. The van der Waals surface area contributed by atoms with Crippen molar-refractivity contribution in [3.63, 3.8) is 0 Å². The molecule has 0 atom stereocenters. The molecule has 3 nitrogen and oxygen atoms in total. The van der Waals surface area contributed by atoms with Gasteiger partial charge in [0.25, 0.3) is 5.91 Å². The molecule has 2 aromatic heterocycles. The average Bonchev–Trinajstić information content (AvgIpc) is 3.19. The number of carbonyl (C=O) groups is 1. The molecule has 0 N–H and O–H groups in total. The molecule has 2 aromatic carbocycles. The van der Waals surface area contributed by atoms with Crippen molar-refractivity contribution >= 4 is 38.9 Å². The van der Waals surface area contributed by atoms with Gasteiger partial charge in [0.1, 0.15) is 4.88 Å². The van der Waals surface area contributed by atoms with E-state index in [1.54, 1.807) is 0 Å². The van der Waals surface area contributed by atoms with Crippen LogP contribution in [0.5, 0.6) is 0 Å². The quantitative estimate of drug-likeness (QED) is 0.274. The van der Waals surface area contributed by atoms with E-state index in [1.165, 1.54) is 11.3 Å². The number of pyridine rings is 1. The van der Waals surface area contributed by atoms with Crippen molar-refractivity contribution in [2.75, 3.05) is 0 Å². The fraction of sp³-hybridized carbons (Fsp3) is 0.333. The highest BCUT2D eigenvalue weighted by Crippen LogP contribution is 2.38. The Kier molecular flexibility index (Phi) is 6.95. The Labute approximate surface area is 216 Å². The molecule has 4 aromatic rings. The third-order valence-corrected chi connectivity index (χ3v) is 8.77. The van der Waals surface area contributed by atoms with Crippen LogP contribution < -0.4 is 0 Å². The van der Waals surface area contributed by atoms with Gasteiger partial charge in [-0.1, -0.05) is 54.9 Å². The van der Waals surface area contributed by atoms with Crippen LogP contribution in [0.25, 0.3) is 21.2 Å². The molecule has 0 spiro atoms. The Morgan fingerprint density at radius 1 is 0.971 bits per heavy atom. The molecule has 0 aliphatic heterocycles. The summed E-state index contributed by atoms with van der Waals surface area (Å²) in [4.78, 5) is 21.3. The lowest BCUT2D eigenvalue weighted by Crippen LogP contribution is -2.41. The molecule has 0 unspecified atom stereocenters. The lowest BCUT2D eigenvalue weighted by atomic mass is 9.86. The molecule has 1 aliphatic carbocycles. The van der Waals surface area contributed by atoms with Crippen LogP contribution in [0.2, 0.25) is 5.02 Å². The molecule has 1 fully saturated rings. The molecule has 0 saturated heterocycles. The van der Waals surface area contributed by atoms with Crippen LogP contribution in [0.3, 0.4) is 0 Å².